The van der Waals surface area contributed by atoms with Gasteiger partial charge in [0.2, 0.25) is 5.95 Å². The van der Waals surface area contributed by atoms with E-state index in [9.17, 15) is 4.79 Å². The van der Waals surface area contributed by atoms with Crippen LogP contribution >= 0.6 is 0 Å². The second kappa shape index (κ2) is 6.26. The fraction of sp³-hybridized carbons (Fsp3) is 0. The first kappa shape index (κ1) is 10.8. The average Bonchev–Trinajstić information content (AvgIpc) is 2.32. The van der Waals surface area contributed by atoms with Crippen molar-refractivity contribution < 1.29 is 4.79 Å². The average molecular weight is 201 g/mol. The van der Waals surface area contributed by atoms with E-state index in [0.29, 0.717) is 5.95 Å². The normalized spacial score (nSPS) is 8.53. The summed E-state index contributed by atoms with van der Waals surface area (Å²) < 4.78 is 0. The van der Waals surface area contributed by atoms with Gasteiger partial charge in [-0.3, -0.25) is 4.79 Å². The molecule has 0 unspecified atom stereocenters. The number of aldehydes is 1. The smallest absolute Gasteiger partial charge is 0.219 e. The van der Waals surface area contributed by atoms with Crippen LogP contribution in [0, 0.1) is 0 Å². The topological polar surface area (TPSA) is 68.9 Å². The van der Waals surface area contributed by atoms with Gasteiger partial charge in [0.1, 0.15) is 6.29 Å². The van der Waals surface area contributed by atoms with Gasteiger partial charge in [-0.25, -0.2) is 9.97 Å². The molecule has 0 atom stereocenters. The number of carbonyl (C=O) groups is 1. The van der Waals surface area contributed by atoms with Crippen LogP contribution < -0.4 is 5.73 Å². The highest BCUT2D eigenvalue weighted by molar-refractivity contribution is 5.74. The molecule has 2 aromatic rings. The highest BCUT2D eigenvalue weighted by Crippen LogP contribution is 1.91. The minimum Gasteiger partial charge on any atom is -0.368 e. The number of nitrogens with zero attached hydrogens (tertiary/aromatic N) is 2. The molecule has 4 nitrogen and oxygen atoms in total. The highest BCUT2D eigenvalue weighted by Gasteiger charge is 1.80. The molecule has 76 valence electrons. The third-order valence-corrected chi connectivity index (χ3v) is 1.52. The van der Waals surface area contributed by atoms with Gasteiger partial charge in [0.15, 0.2) is 0 Å². The van der Waals surface area contributed by atoms with Gasteiger partial charge in [-0.05, 0) is 6.07 Å². The van der Waals surface area contributed by atoms with Gasteiger partial charge in [-0.2, -0.15) is 0 Å². The predicted octanol–water partition coefficient (Wildman–Crippen LogP) is 1.56. The van der Waals surface area contributed by atoms with E-state index in [4.69, 9.17) is 5.73 Å². The quantitative estimate of drug-likeness (QED) is 0.711. The fourth-order valence-corrected chi connectivity index (χ4v) is 0.842. The van der Waals surface area contributed by atoms with Gasteiger partial charge in [-0.15, -0.1) is 0 Å². The summed E-state index contributed by atoms with van der Waals surface area (Å²) in [5, 5.41) is 0. The van der Waals surface area contributed by atoms with Crippen LogP contribution in [0.1, 0.15) is 10.4 Å². The van der Waals surface area contributed by atoms with Crippen LogP contribution in [0.25, 0.3) is 0 Å². The molecule has 2 N–H and O–H groups in total. The van der Waals surface area contributed by atoms with Crippen molar-refractivity contribution in [2.45, 2.75) is 0 Å². The molecular weight excluding hydrogens is 190 g/mol. The van der Waals surface area contributed by atoms with Crippen LogP contribution in [0.2, 0.25) is 0 Å². The maximum atomic E-state index is 10.0. The maximum Gasteiger partial charge on any atom is 0.219 e. The summed E-state index contributed by atoms with van der Waals surface area (Å²) in [5.74, 6) is 0.322. The molecule has 2 rings (SSSR count). The fourth-order valence-electron chi connectivity index (χ4n) is 0.842. The van der Waals surface area contributed by atoms with Crippen LogP contribution in [0.5, 0.6) is 0 Å². The lowest BCUT2D eigenvalue weighted by Crippen LogP contribution is -1.90. The molecule has 0 bridgehead atoms. The van der Waals surface area contributed by atoms with Crippen LogP contribution in [-0.4, -0.2) is 16.3 Å². The largest absolute Gasteiger partial charge is 0.368 e. The Balaban J connectivity index is 0.000000151. The molecule has 1 aromatic heterocycles. The Hall–Kier alpha value is -2.23. The van der Waals surface area contributed by atoms with E-state index in [1.165, 1.54) is 0 Å². The summed E-state index contributed by atoms with van der Waals surface area (Å²) in [6.07, 6.45) is 4.03. The summed E-state index contributed by atoms with van der Waals surface area (Å²) in [4.78, 5) is 17.3. The number of nitrogens with two attached hydrogens (primary N) is 1. The maximum absolute atomic E-state index is 10.0. The van der Waals surface area contributed by atoms with Crippen molar-refractivity contribution in [1.82, 2.24) is 9.97 Å². The van der Waals surface area contributed by atoms with Crippen molar-refractivity contribution in [2.75, 3.05) is 5.73 Å². The van der Waals surface area contributed by atoms with Gasteiger partial charge in [0, 0.05) is 18.0 Å². The van der Waals surface area contributed by atoms with Gasteiger partial charge in [-0.1, -0.05) is 30.3 Å². The Morgan fingerprint density at radius 2 is 1.60 bits per heavy atom. The minimum atomic E-state index is 0.322. The molecule has 1 heterocycles. The molecule has 0 aliphatic rings. The minimum absolute atomic E-state index is 0.322. The Kier molecular flexibility index (Phi) is 4.53. The molecule has 0 saturated carbocycles. The first-order valence-electron chi connectivity index (χ1n) is 4.35. The molecule has 0 amide bonds. The zero-order valence-electron chi connectivity index (χ0n) is 8.08. The molecule has 0 aliphatic heterocycles. The van der Waals surface area contributed by atoms with Crippen molar-refractivity contribution in [1.29, 1.82) is 0 Å². The van der Waals surface area contributed by atoms with Gasteiger partial charge in [0.25, 0.3) is 0 Å². The Morgan fingerprint density at radius 1 is 1.00 bits per heavy atom. The van der Waals surface area contributed by atoms with Crippen molar-refractivity contribution in [3.05, 3.63) is 54.4 Å². The molecule has 1 aromatic carbocycles. The van der Waals surface area contributed by atoms with Crippen molar-refractivity contribution in [3.8, 4) is 0 Å². The summed E-state index contributed by atoms with van der Waals surface area (Å²) in [7, 11) is 0. The molecule has 0 fully saturated rings. The summed E-state index contributed by atoms with van der Waals surface area (Å²) in [6, 6.07) is 10.8. The molecule has 4 heteroatoms. The number of hydrogen-bond donors (Lipinski definition) is 1. The monoisotopic (exact) mass is 201 g/mol. The molecule has 0 radical (unpaired) electrons. The van der Waals surface area contributed by atoms with Gasteiger partial charge < -0.3 is 5.73 Å². The number of anilines is 1. The SMILES string of the molecule is Nc1ncccn1.O=Cc1ccccc1. The first-order chi connectivity index (χ1) is 7.33. The number of carbonyl (C=O) groups excluding carboxylic acids is 1. The lowest BCUT2D eigenvalue weighted by Gasteiger charge is -1.82. The highest BCUT2D eigenvalue weighted by atomic mass is 16.1. The summed E-state index contributed by atoms with van der Waals surface area (Å²) in [6.45, 7) is 0. The molecule has 15 heavy (non-hydrogen) atoms. The summed E-state index contributed by atoms with van der Waals surface area (Å²) >= 11 is 0. The van der Waals surface area contributed by atoms with E-state index in [0.717, 1.165) is 11.8 Å². The van der Waals surface area contributed by atoms with E-state index in [1.54, 1.807) is 30.6 Å². The van der Waals surface area contributed by atoms with Gasteiger partial charge >= 0.3 is 0 Å². The first-order valence-corrected chi connectivity index (χ1v) is 4.35. The number of benzene rings is 1. The van der Waals surface area contributed by atoms with Crippen LogP contribution in [0.3, 0.4) is 0 Å². The molecule has 0 spiro atoms. The number of hydrogen-bond acceptors (Lipinski definition) is 4. The second-order valence-corrected chi connectivity index (χ2v) is 2.64. The van der Waals surface area contributed by atoms with Crippen molar-refractivity contribution in [3.63, 3.8) is 0 Å². The van der Waals surface area contributed by atoms with Crippen LogP contribution in [0.4, 0.5) is 5.95 Å². The van der Waals surface area contributed by atoms with Crippen molar-refractivity contribution >= 4 is 12.2 Å². The van der Waals surface area contributed by atoms with Crippen LogP contribution in [0.15, 0.2) is 48.8 Å². The second-order valence-electron chi connectivity index (χ2n) is 2.64. The van der Waals surface area contributed by atoms with Gasteiger partial charge in [0.05, 0.1) is 0 Å². The standard InChI is InChI=1S/C7H6O.C4H5N3/c8-6-7-4-2-1-3-5-7;5-4-6-2-1-3-7-4/h1-6H;1-3H,(H2,5,6,7). The summed E-state index contributed by atoms with van der Waals surface area (Å²) in [5.41, 5.74) is 5.86. The van der Waals surface area contributed by atoms with Crippen LogP contribution in [-0.2, 0) is 0 Å². The Morgan fingerprint density at radius 3 is 1.93 bits per heavy atom. The number of nitrogen functional groups attached to an aromatic ring is 1. The van der Waals surface area contributed by atoms with E-state index in [2.05, 4.69) is 9.97 Å². The zero-order valence-corrected chi connectivity index (χ0v) is 8.08. The molecular formula is C11H11N3O. The molecule has 0 aliphatic carbocycles. The predicted molar refractivity (Wildman–Crippen MR) is 58.3 cm³/mol. The third-order valence-electron chi connectivity index (χ3n) is 1.52. The third kappa shape index (κ3) is 4.52. The van der Waals surface area contributed by atoms with Crippen molar-refractivity contribution in [2.24, 2.45) is 0 Å². The Labute approximate surface area is 87.8 Å². The lowest BCUT2D eigenvalue weighted by atomic mass is 10.2. The van der Waals surface area contributed by atoms with E-state index in [1.807, 2.05) is 18.2 Å². The number of rotatable bonds is 1. The zero-order chi connectivity index (χ0) is 10.9. The Bertz CT molecular complexity index is 389. The van der Waals surface area contributed by atoms with E-state index >= 15 is 0 Å². The van der Waals surface area contributed by atoms with E-state index in [-0.39, 0.29) is 0 Å². The number of aromatic nitrogens is 2. The lowest BCUT2D eigenvalue weighted by molar-refractivity contribution is 0.112. The molecule has 0 saturated heterocycles. The van der Waals surface area contributed by atoms with E-state index < -0.39 is 0 Å².